The Labute approximate surface area is 190 Å². The molecule has 0 fully saturated rings. The largest absolute Gasteiger partial charge is 0.322 e. The number of hydrogen-bond acceptors (Lipinski definition) is 3. The summed E-state index contributed by atoms with van der Waals surface area (Å²) in [5.74, 6) is -0.344. The molecule has 0 aliphatic carbocycles. The zero-order valence-electron chi connectivity index (χ0n) is 15.8. The Kier molecular flexibility index (Phi) is 6.93. The van der Waals surface area contributed by atoms with Gasteiger partial charge in [-0.15, -0.1) is 0 Å². The molecule has 0 atom stereocenters. The summed E-state index contributed by atoms with van der Waals surface area (Å²) in [5.41, 5.74) is 1.80. The summed E-state index contributed by atoms with van der Waals surface area (Å²) in [6.45, 7) is -0.0363. The van der Waals surface area contributed by atoms with E-state index >= 15 is 0 Å². The lowest BCUT2D eigenvalue weighted by Gasteiger charge is -2.23. The number of hydrogen-bond donors (Lipinski definition) is 1. The lowest BCUT2D eigenvalue weighted by atomic mass is 10.1. The summed E-state index contributed by atoms with van der Waals surface area (Å²) in [6, 6.07) is 18.0. The number of halogens is 3. The second-order valence-corrected chi connectivity index (χ2v) is 9.64. The van der Waals surface area contributed by atoms with Crippen LogP contribution in [0, 0.1) is 0 Å². The molecular formula is C21H17Cl3N2O3S. The van der Waals surface area contributed by atoms with Crippen molar-refractivity contribution in [3.05, 3.63) is 92.9 Å². The van der Waals surface area contributed by atoms with Gasteiger partial charge in [0.2, 0.25) is 10.0 Å². The molecule has 0 heterocycles. The molecule has 9 heteroatoms. The molecule has 0 saturated heterocycles. The number of sulfonamides is 1. The number of nitrogens with one attached hydrogen (secondary N) is 1. The third-order valence-corrected chi connectivity index (χ3v) is 6.35. The molecule has 0 bridgehead atoms. The van der Waals surface area contributed by atoms with Gasteiger partial charge < -0.3 is 5.32 Å². The standard InChI is InChI=1S/C21H17Cl3N2O3S/c1-30(28,29)26(13-18-19(23)6-3-7-20(18)24)17-10-8-14(9-11-17)21(27)25-16-5-2-4-15(22)12-16/h2-12H,13H2,1H3,(H,25,27). The number of anilines is 2. The first-order chi connectivity index (χ1) is 14.1. The van der Waals surface area contributed by atoms with Gasteiger partial charge in [-0.05, 0) is 54.6 Å². The maximum absolute atomic E-state index is 12.5. The van der Waals surface area contributed by atoms with Crippen LogP contribution in [0.15, 0.2) is 66.7 Å². The third-order valence-electron chi connectivity index (χ3n) is 4.26. The Morgan fingerprint density at radius 2 is 1.53 bits per heavy atom. The van der Waals surface area contributed by atoms with Crippen molar-refractivity contribution in [3.8, 4) is 0 Å². The molecule has 30 heavy (non-hydrogen) atoms. The molecule has 0 unspecified atom stereocenters. The highest BCUT2D eigenvalue weighted by molar-refractivity contribution is 7.92. The molecule has 0 saturated carbocycles. The smallest absolute Gasteiger partial charge is 0.255 e. The molecule has 0 aliphatic heterocycles. The van der Waals surface area contributed by atoms with Gasteiger partial charge in [0, 0.05) is 31.9 Å². The molecule has 0 aliphatic rings. The summed E-state index contributed by atoms with van der Waals surface area (Å²) in [4.78, 5) is 12.5. The van der Waals surface area contributed by atoms with Crippen molar-refractivity contribution in [2.45, 2.75) is 6.54 Å². The lowest BCUT2D eigenvalue weighted by molar-refractivity contribution is 0.102. The van der Waals surface area contributed by atoms with Gasteiger partial charge in [0.25, 0.3) is 5.91 Å². The molecule has 0 spiro atoms. The SMILES string of the molecule is CS(=O)(=O)N(Cc1c(Cl)cccc1Cl)c1ccc(C(=O)Nc2cccc(Cl)c2)cc1. The Morgan fingerprint density at radius 3 is 2.10 bits per heavy atom. The van der Waals surface area contributed by atoms with E-state index in [9.17, 15) is 13.2 Å². The number of amides is 1. The fourth-order valence-electron chi connectivity index (χ4n) is 2.78. The molecule has 0 aromatic heterocycles. The average Bonchev–Trinajstić information content (AvgIpc) is 2.67. The van der Waals surface area contributed by atoms with Crippen molar-refractivity contribution in [2.24, 2.45) is 0 Å². The van der Waals surface area contributed by atoms with Crippen LogP contribution in [0.25, 0.3) is 0 Å². The van der Waals surface area contributed by atoms with Crippen molar-refractivity contribution < 1.29 is 13.2 Å². The Hall–Kier alpha value is -2.25. The predicted octanol–water partition coefficient (Wildman–Crippen LogP) is 5.87. The highest BCUT2D eigenvalue weighted by Gasteiger charge is 2.21. The van der Waals surface area contributed by atoms with Gasteiger partial charge in [-0.2, -0.15) is 0 Å². The van der Waals surface area contributed by atoms with Crippen LogP contribution in [0.1, 0.15) is 15.9 Å². The van der Waals surface area contributed by atoms with E-state index in [1.165, 1.54) is 4.31 Å². The third kappa shape index (κ3) is 5.46. The summed E-state index contributed by atoms with van der Waals surface area (Å²) in [5, 5.41) is 3.99. The Morgan fingerprint density at radius 1 is 0.933 bits per heavy atom. The second-order valence-electron chi connectivity index (χ2n) is 6.48. The van der Waals surface area contributed by atoms with Gasteiger partial charge >= 0.3 is 0 Å². The minimum absolute atomic E-state index is 0.0363. The van der Waals surface area contributed by atoms with E-state index in [0.29, 0.717) is 37.6 Å². The van der Waals surface area contributed by atoms with Crippen LogP contribution in [0.2, 0.25) is 15.1 Å². The van der Waals surface area contributed by atoms with Crippen molar-refractivity contribution in [3.63, 3.8) is 0 Å². The van der Waals surface area contributed by atoms with E-state index < -0.39 is 10.0 Å². The molecule has 5 nitrogen and oxygen atoms in total. The highest BCUT2D eigenvalue weighted by Crippen LogP contribution is 2.29. The van der Waals surface area contributed by atoms with E-state index in [1.807, 2.05) is 0 Å². The molecule has 3 aromatic carbocycles. The number of benzene rings is 3. The quantitative estimate of drug-likeness (QED) is 0.477. The van der Waals surface area contributed by atoms with Crippen LogP contribution >= 0.6 is 34.8 Å². The molecule has 3 rings (SSSR count). The van der Waals surface area contributed by atoms with Gasteiger partial charge in [-0.3, -0.25) is 9.10 Å². The lowest BCUT2D eigenvalue weighted by Crippen LogP contribution is -2.29. The predicted molar refractivity (Wildman–Crippen MR) is 123 cm³/mol. The van der Waals surface area contributed by atoms with E-state index in [1.54, 1.807) is 66.7 Å². The van der Waals surface area contributed by atoms with Crippen LogP contribution in [0.3, 0.4) is 0 Å². The monoisotopic (exact) mass is 482 g/mol. The normalized spacial score (nSPS) is 11.2. The topological polar surface area (TPSA) is 66.5 Å². The first kappa shape index (κ1) is 22.4. The van der Waals surface area contributed by atoms with Gasteiger partial charge in [0.1, 0.15) is 0 Å². The van der Waals surface area contributed by atoms with E-state index in [-0.39, 0.29) is 12.5 Å². The Bertz CT molecular complexity index is 1160. The minimum Gasteiger partial charge on any atom is -0.322 e. The molecule has 0 radical (unpaired) electrons. The summed E-state index contributed by atoms with van der Waals surface area (Å²) in [6.07, 6.45) is 1.09. The zero-order chi connectivity index (χ0) is 21.9. The van der Waals surface area contributed by atoms with Gasteiger partial charge in [-0.1, -0.05) is 46.9 Å². The first-order valence-corrected chi connectivity index (χ1v) is 11.7. The van der Waals surface area contributed by atoms with Crippen LogP contribution in [0.4, 0.5) is 11.4 Å². The molecule has 1 N–H and O–H groups in total. The minimum atomic E-state index is -3.64. The number of carbonyl (C=O) groups is 1. The van der Waals surface area contributed by atoms with Gasteiger partial charge in [-0.25, -0.2) is 8.42 Å². The number of carbonyl (C=O) groups excluding carboxylic acids is 1. The second kappa shape index (κ2) is 9.27. The molecule has 1 amide bonds. The zero-order valence-corrected chi connectivity index (χ0v) is 18.9. The summed E-state index contributed by atoms with van der Waals surface area (Å²) < 4.78 is 26.0. The van der Waals surface area contributed by atoms with Crippen molar-refractivity contribution in [2.75, 3.05) is 15.9 Å². The van der Waals surface area contributed by atoms with Crippen LogP contribution in [0.5, 0.6) is 0 Å². The molecular weight excluding hydrogens is 467 g/mol. The summed E-state index contributed by atoms with van der Waals surface area (Å²) in [7, 11) is -3.64. The maximum Gasteiger partial charge on any atom is 0.255 e. The van der Waals surface area contributed by atoms with Crippen LogP contribution in [-0.4, -0.2) is 20.6 Å². The molecule has 3 aromatic rings. The van der Waals surface area contributed by atoms with E-state index in [2.05, 4.69) is 5.32 Å². The van der Waals surface area contributed by atoms with Crippen molar-refractivity contribution in [1.82, 2.24) is 0 Å². The first-order valence-electron chi connectivity index (χ1n) is 8.73. The summed E-state index contributed by atoms with van der Waals surface area (Å²) >= 11 is 18.3. The van der Waals surface area contributed by atoms with Crippen molar-refractivity contribution in [1.29, 1.82) is 0 Å². The number of nitrogens with zero attached hydrogens (tertiary/aromatic N) is 1. The van der Waals surface area contributed by atoms with Gasteiger partial charge in [0.15, 0.2) is 0 Å². The fourth-order valence-corrected chi connectivity index (χ4v) is 4.35. The fraction of sp³-hybridized carbons (Fsp3) is 0.0952. The molecule has 156 valence electrons. The van der Waals surface area contributed by atoms with E-state index in [4.69, 9.17) is 34.8 Å². The Balaban J connectivity index is 1.85. The maximum atomic E-state index is 12.5. The number of rotatable bonds is 6. The van der Waals surface area contributed by atoms with Crippen LogP contribution in [-0.2, 0) is 16.6 Å². The van der Waals surface area contributed by atoms with Crippen LogP contribution < -0.4 is 9.62 Å². The highest BCUT2D eigenvalue weighted by atomic mass is 35.5. The van der Waals surface area contributed by atoms with Crippen molar-refractivity contribution >= 4 is 62.1 Å². The van der Waals surface area contributed by atoms with Gasteiger partial charge in [0.05, 0.1) is 18.5 Å². The van der Waals surface area contributed by atoms with E-state index in [0.717, 1.165) is 6.26 Å². The average molecular weight is 484 g/mol.